The number of benzene rings is 1. The van der Waals surface area contributed by atoms with Crippen molar-refractivity contribution in [2.75, 3.05) is 7.11 Å². The lowest BCUT2D eigenvalue weighted by Crippen LogP contribution is -2.41. The van der Waals surface area contributed by atoms with Crippen LogP contribution in [0.1, 0.15) is 24.8 Å². The van der Waals surface area contributed by atoms with Gasteiger partial charge in [0.15, 0.2) is 0 Å². The van der Waals surface area contributed by atoms with E-state index in [0.717, 1.165) is 35.9 Å². The molecule has 0 aromatic heterocycles. The average Bonchev–Trinajstić information content (AvgIpc) is 2.71. The summed E-state index contributed by atoms with van der Waals surface area (Å²) >= 11 is 3.61. The summed E-state index contributed by atoms with van der Waals surface area (Å²) in [5.41, 5.74) is 2.11. The van der Waals surface area contributed by atoms with E-state index in [1.165, 1.54) is 12.7 Å². The Morgan fingerprint density at radius 3 is 2.95 bits per heavy atom. The van der Waals surface area contributed by atoms with E-state index in [0.29, 0.717) is 6.04 Å². The van der Waals surface area contributed by atoms with Crippen molar-refractivity contribution >= 4 is 21.9 Å². The molecule has 0 aliphatic carbocycles. The number of rotatable bonds is 3. The first kappa shape index (κ1) is 13.8. The lowest BCUT2D eigenvalue weighted by Gasteiger charge is -2.34. The van der Waals surface area contributed by atoms with E-state index < -0.39 is 0 Å². The minimum Gasteiger partial charge on any atom is -0.466 e. The van der Waals surface area contributed by atoms with Crippen LogP contribution < -0.4 is 0 Å². The SMILES string of the molecule is COC(=O)C1=CC[C@@H]2CC[C@H]1N2Cc1ccccc1Br. The van der Waals surface area contributed by atoms with Crippen LogP contribution in [0.2, 0.25) is 0 Å². The first-order valence-electron chi connectivity index (χ1n) is 6.98. The van der Waals surface area contributed by atoms with Crippen LogP contribution in [-0.4, -0.2) is 30.1 Å². The van der Waals surface area contributed by atoms with Crippen LogP contribution in [0.3, 0.4) is 0 Å². The van der Waals surface area contributed by atoms with E-state index in [-0.39, 0.29) is 12.0 Å². The topological polar surface area (TPSA) is 29.5 Å². The van der Waals surface area contributed by atoms with E-state index >= 15 is 0 Å². The third-order valence-electron chi connectivity index (χ3n) is 4.34. The second kappa shape index (κ2) is 5.70. The van der Waals surface area contributed by atoms with Crippen molar-refractivity contribution in [2.45, 2.75) is 37.9 Å². The molecule has 1 saturated heterocycles. The molecule has 1 aromatic rings. The summed E-state index contributed by atoms with van der Waals surface area (Å²) in [5.74, 6) is -0.174. The summed E-state index contributed by atoms with van der Waals surface area (Å²) in [5, 5.41) is 0. The van der Waals surface area contributed by atoms with Crippen molar-refractivity contribution in [1.82, 2.24) is 4.90 Å². The van der Waals surface area contributed by atoms with Crippen LogP contribution in [0.25, 0.3) is 0 Å². The number of halogens is 1. The monoisotopic (exact) mass is 335 g/mol. The lowest BCUT2D eigenvalue weighted by molar-refractivity contribution is -0.137. The molecule has 0 saturated carbocycles. The van der Waals surface area contributed by atoms with Gasteiger partial charge in [-0.2, -0.15) is 0 Å². The van der Waals surface area contributed by atoms with E-state index in [2.05, 4.69) is 45.1 Å². The molecule has 0 unspecified atom stereocenters. The van der Waals surface area contributed by atoms with Crippen molar-refractivity contribution in [3.63, 3.8) is 0 Å². The summed E-state index contributed by atoms with van der Waals surface area (Å²) in [6.45, 7) is 0.880. The second-order valence-corrected chi connectivity index (χ2v) is 6.25. The first-order chi connectivity index (χ1) is 9.70. The number of hydrogen-bond acceptors (Lipinski definition) is 3. The van der Waals surface area contributed by atoms with Crippen molar-refractivity contribution in [2.24, 2.45) is 0 Å². The molecule has 3 nitrogen and oxygen atoms in total. The Labute approximate surface area is 127 Å². The van der Waals surface area contributed by atoms with E-state index in [1.807, 2.05) is 6.07 Å². The molecular formula is C16H18BrNO2. The Morgan fingerprint density at radius 1 is 1.40 bits per heavy atom. The van der Waals surface area contributed by atoms with Gasteiger partial charge < -0.3 is 4.74 Å². The molecule has 0 radical (unpaired) electrons. The maximum Gasteiger partial charge on any atom is 0.335 e. The molecule has 2 atom stereocenters. The smallest absolute Gasteiger partial charge is 0.335 e. The molecule has 2 aliphatic heterocycles. The zero-order valence-corrected chi connectivity index (χ0v) is 13.1. The Hall–Kier alpha value is -1.13. The van der Waals surface area contributed by atoms with Crippen LogP contribution in [0.4, 0.5) is 0 Å². The standard InChI is InChI=1S/C16H18BrNO2/c1-20-16(19)13-8-6-12-7-9-15(13)18(12)10-11-4-2-3-5-14(11)17/h2-5,8,12,15H,6-7,9-10H2,1H3/t12-,15-/m1/s1. The van der Waals surface area contributed by atoms with Gasteiger partial charge in [-0.1, -0.05) is 40.2 Å². The normalized spacial score (nSPS) is 25.4. The predicted octanol–water partition coefficient (Wildman–Crippen LogP) is 3.29. The van der Waals surface area contributed by atoms with Crippen LogP contribution in [0.15, 0.2) is 40.4 Å². The molecule has 1 fully saturated rings. The Morgan fingerprint density at radius 2 is 2.20 bits per heavy atom. The molecule has 4 heteroatoms. The molecule has 2 bridgehead atoms. The fourth-order valence-corrected chi connectivity index (χ4v) is 3.73. The molecule has 0 N–H and O–H groups in total. The van der Waals surface area contributed by atoms with Gasteiger partial charge in [-0.3, -0.25) is 4.90 Å². The van der Waals surface area contributed by atoms with Gasteiger partial charge in [-0.05, 0) is 30.9 Å². The van der Waals surface area contributed by atoms with Gasteiger partial charge in [0.1, 0.15) is 0 Å². The molecule has 0 spiro atoms. The van der Waals surface area contributed by atoms with Gasteiger partial charge in [-0.25, -0.2) is 4.79 Å². The minimum atomic E-state index is -0.174. The Bertz CT molecular complexity index is 555. The maximum absolute atomic E-state index is 11.9. The van der Waals surface area contributed by atoms with Gasteiger partial charge in [0, 0.05) is 23.1 Å². The third-order valence-corrected chi connectivity index (χ3v) is 5.12. The molecule has 3 rings (SSSR count). The summed E-state index contributed by atoms with van der Waals surface area (Å²) in [4.78, 5) is 14.3. The van der Waals surface area contributed by atoms with Gasteiger partial charge in [0.05, 0.1) is 12.7 Å². The highest BCUT2D eigenvalue weighted by atomic mass is 79.9. The van der Waals surface area contributed by atoms with Crippen molar-refractivity contribution in [3.8, 4) is 0 Å². The zero-order chi connectivity index (χ0) is 14.1. The quantitative estimate of drug-likeness (QED) is 0.794. The van der Waals surface area contributed by atoms with Gasteiger partial charge in [0.25, 0.3) is 0 Å². The fourth-order valence-electron chi connectivity index (χ4n) is 3.32. The van der Waals surface area contributed by atoms with Gasteiger partial charge in [-0.15, -0.1) is 0 Å². The number of nitrogens with zero attached hydrogens (tertiary/aromatic N) is 1. The van der Waals surface area contributed by atoms with Crippen molar-refractivity contribution in [3.05, 3.63) is 46.0 Å². The van der Waals surface area contributed by atoms with Crippen LogP contribution in [0, 0.1) is 0 Å². The Kier molecular flexibility index (Phi) is 3.94. The summed E-state index contributed by atoms with van der Waals surface area (Å²) in [7, 11) is 1.46. The second-order valence-electron chi connectivity index (χ2n) is 5.40. The first-order valence-corrected chi connectivity index (χ1v) is 7.77. The fraction of sp³-hybridized carbons (Fsp3) is 0.438. The van der Waals surface area contributed by atoms with E-state index in [9.17, 15) is 4.79 Å². The Balaban J connectivity index is 1.83. The summed E-state index contributed by atoms with van der Waals surface area (Å²) in [6, 6.07) is 9.06. The van der Waals surface area contributed by atoms with Crippen molar-refractivity contribution < 1.29 is 9.53 Å². The van der Waals surface area contributed by atoms with E-state index in [1.54, 1.807) is 0 Å². The average molecular weight is 336 g/mol. The highest BCUT2D eigenvalue weighted by Gasteiger charge is 2.40. The molecule has 106 valence electrons. The largest absolute Gasteiger partial charge is 0.466 e. The number of esters is 1. The van der Waals surface area contributed by atoms with Gasteiger partial charge >= 0.3 is 5.97 Å². The summed E-state index contributed by atoms with van der Waals surface area (Å²) in [6.07, 6.45) is 5.23. The molecule has 20 heavy (non-hydrogen) atoms. The maximum atomic E-state index is 11.9. The molecule has 0 amide bonds. The minimum absolute atomic E-state index is 0.174. The molecule has 1 aromatic carbocycles. The highest BCUT2D eigenvalue weighted by molar-refractivity contribution is 9.10. The molecule has 2 heterocycles. The predicted molar refractivity (Wildman–Crippen MR) is 81.2 cm³/mol. The number of hydrogen-bond donors (Lipinski definition) is 0. The number of carbonyl (C=O) groups excluding carboxylic acids is 1. The number of carbonyl (C=O) groups is 1. The number of fused-ring (bicyclic) bond motifs is 2. The van der Waals surface area contributed by atoms with Crippen LogP contribution in [0.5, 0.6) is 0 Å². The lowest BCUT2D eigenvalue weighted by atomic mass is 10.0. The summed E-state index contributed by atoms with van der Waals surface area (Å²) < 4.78 is 6.05. The van der Waals surface area contributed by atoms with Crippen LogP contribution >= 0.6 is 15.9 Å². The molecule has 2 aliphatic rings. The highest BCUT2D eigenvalue weighted by Crippen LogP contribution is 2.37. The third kappa shape index (κ3) is 2.42. The number of methoxy groups -OCH3 is 1. The zero-order valence-electron chi connectivity index (χ0n) is 11.5. The van der Waals surface area contributed by atoms with Crippen molar-refractivity contribution in [1.29, 1.82) is 0 Å². The van der Waals surface area contributed by atoms with Gasteiger partial charge in [0.2, 0.25) is 0 Å². The molecular weight excluding hydrogens is 318 g/mol. The number of ether oxygens (including phenoxy) is 1. The van der Waals surface area contributed by atoms with Crippen LogP contribution in [-0.2, 0) is 16.1 Å². The van der Waals surface area contributed by atoms with E-state index in [4.69, 9.17) is 4.74 Å².